The van der Waals surface area contributed by atoms with Crippen LogP contribution in [0, 0.1) is 11.6 Å². The molecule has 1 aliphatic heterocycles. The van der Waals surface area contributed by atoms with E-state index in [4.69, 9.17) is 0 Å². The van der Waals surface area contributed by atoms with Gasteiger partial charge in [0, 0.05) is 43.7 Å². The highest BCUT2D eigenvalue weighted by molar-refractivity contribution is 5.76. The predicted octanol–water partition coefficient (Wildman–Crippen LogP) is 3.02. The van der Waals surface area contributed by atoms with E-state index in [1.807, 2.05) is 11.8 Å². The highest BCUT2D eigenvalue weighted by atomic mass is 19.1. The van der Waals surface area contributed by atoms with E-state index < -0.39 is 11.6 Å². The quantitative estimate of drug-likeness (QED) is 0.906. The second kappa shape index (κ2) is 7.50. The lowest BCUT2D eigenvalue weighted by Crippen LogP contribution is -2.37. The van der Waals surface area contributed by atoms with E-state index in [1.165, 1.54) is 18.6 Å². The van der Waals surface area contributed by atoms with Gasteiger partial charge in [0.25, 0.3) is 0 Å². The highest BCUT2D eigenvalue weighted by Crippen LogP contribution is 2.17. The number of hydrogen-bond acceptors (Lipinski definition) is 2. The smallest absolute Gasteiger partial charge is 0.223 e. The van der Waals surface area contributed by atoms with Gasteiger partial charge in [-0.1, -0.05) is 6.07 Å². The number of amides is 1. The van der Waals surface area contributed by atoms with Gasteiger partial charge < -0.3 is 10.2 Å². The van der Waals surface area contributed by atoms with Crippen LogP contribution in [0.5, 0.6) is 0 Å². The van der Waals surface area contributed by atoms with Crippen molar-refractivity contribution in [2.75, 3.05) is 19.6 Å². The minimum absolute atomic E-state index is 0.147. The maximum atomic E-state index is 13.6. The second-order valence-electron chi connectivity index (χ2n) is 5.53. The maximum absolute atomic E-state index is 13.6. The Kier molecular flexibility index (Phi) is 5.67. The summed E-state index contributed by atoms with van der Waals surface area (Å²) in [5, 5.41) is 3.12. The van der Waals surface area contributed by atoms with Crippen molar-refractivity contribution in [2.45, 2.75) is 38.6 Å². The monoisotopic (exact) mass is 296 g/mol. The number of hydrogen-bond donors (Lipinski definition) is 1. The minimum atomic E-state index is -0.580. The van der Waals surface area contributed by atoms with Crippen LogP contribution in [0.4, 0.5) is 8.78 Å². The average molecular weight is 296 g/mol. The van der Waals surface area contributed by atoms with Gasteiger partial charge in [0.05, 0.1) is 0 Å². The number of likely N-dealkylation sites (tertiary alicyclic amines) is 1. The van der Waals surface area contributed by atoms with E-state index in [2.05, 4.69) is 5.32 Å². The first-order valence-corrected chi connectivity index (χ1v) is 7.54. The van der Waals surface area contributed by atoms with Gasteiger partial charge in [-0.2, -0.15) is 0 Å². The SMILES string of the molecule is CC(NCCC(=O)N1CCCCC1)c1ccc(F)cc1F. The van der Waals surface area contributed by atoms with Gasteiger partial charge in [-0.25, -0.2) is 8.78 Å². The molecule has 1 atom stereocenters. The molecule has 3 nitrogen and oxygen atoms in total. The van der Waals surface area contributed by atoms with Gasteiger partial charge in [0.15, 0.2) is 0 Å². The molecule has 1 heterocycles. The van der Waals surface area contributed by atoms with Crippen LogP contribution in [0.25, 0.3) is 0 Å². The fourth-order valence-electron chi connectivity index (χ4n) is 2.66. The third kappa shape index (κ3) is 4.49. The van der Waals surface area contributed by atoms with Crippen LogP contribution in [0.1, 0.15) is 44.2 Å². The molecule has 0 spiro atoms. The average Bonchev–Trinajstić information content (AvgIpc) is 2.47. The summed E-state index contributed by atoms with van der Waals surface area (Å²) in [6.45, 7) is 4.00. The number of carbonyl (C=O) groups is 1. The lowest BCUT2D eigenvalue weighted by molar-refractivity contribution is -0.132. The number of benzene rings is 1. The van der Waals surface area contributed by atoms with Crippen LogP contribution < -0.4 is 5.32 Å². The van der Waals surface area contributed by atoms with E-state index in [1.54, 1.807) is 0 Å². The molecule has 2 rings (SSSR count). The third-order valence-corrected chi connectivity index (χ3v) is 3.93. The zero-order chi connectivity index (χ0) is 15.2. The fourth-order valence-corrected chi connectivity index (χ4v) is 2.66. The van der Waals surface area contributed by atoms with E-state index in [0.717, 1.165) is 32.0 Å². The Hall–Kier alpha value is -1.49. The van der Waals surface area contributed by atoms with E-state index in [9.17, 15) is 13.6 Å². The van der Waals surface area contributed by atoms with E-state index >= 15 is 0 Å². The molecule has 116 valence electrons. The molecule has 1 aromatic carbocycles. The zero-order valence-electron chi connectivity index (χ0n) is 12.4. The summed E-state index contributed by atoms with van der Waals surface area (Å²) in [5.74, 6) is -0.991. The standard InChI is InChI=1S/C16H22F2N2O/c1-12(14-6-5-13(17)11-15(14)18)19-8-7-16(21)20-9-3-2-4-10-20/h5-6,11-12,19H,2-4,7-10H2,1H3. The van der Waals surface area contributed by atoms with Crippen molar-refractivity contribution in [2.24, 2.45) is 0 Å². The van der Waals surface area contributed by atoms with Crippen molar-refractivity contribution in [1.82, 2.24) is 10.2 Å². The number of halogens is 2. The van der Waals surface area contributed by atoms with Crippen molar-refractivity contribution in [3.8, 4) is 0 Å². The summed E-state index contributed by atoms with van der Waals surface area (Å²) < 4.78 is 26.5. The first-order valence-electron chi connectivity index (χ1n) is 7.54. The Labute approximate surface area is 124 Å². The maximum Gasteiger partial charge on any atom is 0.223 e. The Morgan fingerprint density at radius 2 is 2.00 bits per heavy atom. The van der Waals surface area contributed by atoms with E-state index in [0.29, 0.717) is 18.5 Å². The summed E-state index contributed by atoms with van der Waals surface area (Å²) in [5.41, 5.74) is 0.418. The molecule has 21 heavy (non-hydrogen) atoms. The molecule has 1 unspecified atom stereocenters. The summed E-state index contributed by atoms with van der Waals surface area (Å²) in [6.07, 6.45) is 3.77. The van der Waals surface area contributed by atoms with Gasteiger partial charge in [-0.3, -0.25) is 4.79 Å². The van der Waals surface area contributed by atoms with Crippen LogP contribution in [0.15, 0.2) is 18.2 Å². The van der Waals surface area contributed by atoms with Gasteiger partial charge in [0.1, 0.15) is 11.6 Å². The lowest BCUT2D eigenvalue weighted by atomic mass is 10.1. The van der Waals surface area contributed by atoms with Crippen molar-refractivity contribution >= 4 is 5.91 Å². The van der Waals surface area contributed by atoms with Crippen LogP contribution in [0.2, 0.25) is 0 Å². The Bertz CT molecular complexity index is 487. The molecule has 0 aliphatic carbocycles. The molecule has 1 aromatic rings. The number of nitrogens with zero attached hydrogens (tertiary/aromatic N) is 1. The molecule has 0 radical (unpaired) electrons. The van der Waals surface area contributed by atoms with Crippen LogP contribution in [0.3, 0.4) is 0 Å². The molecular formula is C16H22F2N2O. The predicted molar refractivity (Wildman–Crippen MR) is 77.8 cm³/mol. The Balaban J connectivity index is 1.78. The van der Waals surface area contributed by atoms with Crippen molar-refractivity contribution in [1.29, 1.82) is 0 Å². The van der Waals surface area contributed by atoms with Gasteiger partial charge >= 0.3 is 0 Å². The molecule has 1 aliphatic rings. The Morgan fingerprint density at radius 3 is 2.67 bits per heavy atom. The van der Waals surface area contributed by atoms with Crippen LogP contribution >= 0.6 is 0 Å². The topological polar surface area (TPSA) is 32.3 Å². The molecular weight excluding hydrogens is 274 g/mol. The number of rotatable bonds is 5. The van der Waals surface area contributed by atoms with Crippen molar-refractivity contribution < 1.29 is 13.6 Å². The highest BCUT2D eigenvalue weighted by Gasteiger charge is 2.17. The third-order valence-electron chi connectivity index (χ3n) is 3.93. The summed E-state index contributed by atoms with van der Waals surface area (Å²) >= 11 is 0. The molecule has 0 aromatic heterocycles. The van der Waals surface area contributed by atoms with Gasteiger partial charge in [0.2, 0.25) is 5.91 Å². The Morgan fingerprint density at radius 1 is 1.29 bits per heavy atom. The normalized spacial score (nSPS) is 16.8. The van der Waals surface area contributed by atoms with Gasteiger partial charge in [-0.05, 0) is 32.3 Å². The van der Waals surface area contributed by atoms with Gasteiger partial charge in [-0.15, -0.1) is 0 Å². The van der Waals surface area contributed by atoms with Crippen LogP contribution in [-0.4, -0.2) is 30.4 Å². The first-order chi connectivity index (χ1) is 10.1. The molecule has 1 amide bonds. The molecule has 1 N–H and O–H groups in total. The van der Waals surface area contributed by atoms with Crippen molar-refractivity contribution in [3.63, 3.8) is 0 Å². The van der Waals surface area contributed by atoms with Crippen LogP contribution in [-0.2, 0) is 4.79 Å². The molecule has 5 heteroatoms. The van der Waals surface area contributed by atoms with Crippen molar-refractivity contribution in [3.05, 3.63) is 35.4 Å². The number of nitrogens with one attached hydrogen (secondary N) is 1. The molecule has 1 saturated heterocycles. The number of piperidine rings is 1. The van der Waals surface area contributed by atoms with E-state index in [-0.39, 0.29) is 11.9 Å². The summed E-state index contributed by atoms with van der Waals surface area (Å²) in [7, 11) is 0. The fraction of sp³-hybridized carbons (Fsp3) is 0.562. The molecule has 0 saturated carbocycles. The second-order valence-corrected chi connectivity index (χ2v) is 5.53. The largest absolute Gasteiger partial charge is 0.343 e. The zero-order valence-corrected chi connectivity index (χ0v) is 12.4. The molecule has 0 bridgehead atoms. The lowest BCUT2D eigenvalue weighted by Gasteiger charge is -2.27. The number of carbonyl (C=O) groups excluding carboxylic acids is 1. The summed E-state index contributed by atoms with van der Waals surface area (Å²) in [4.78, 5) is 13.9. The minimum Gasteiger partial charge on any atom is -0.343 e. The summed E-state index contributed by atoms with van der Waals surface area (Å²) in [6, 6.07) is 3.32. The molecule has 1 fully saturated rings. The first kappa shape index (κ1) is 15.9.